The van der Waals surface area contributed by atoms with Crippen LogP contribution < -0.4 is 0 Å². The molecule has 0 amide bonds. The van der Waals surface area contributed by atoms with Crippen LogP contribution in [0.4, 0.5) is 0 Å². The first kappa shape index (κ1) is 38.9. The molecule has 0 saturated heterocycles. The number of hydrogen-bond acceptors (Lipinski definition) is 9. The third-order valence-corrected chi connectivity index (χ3v) is 6.56. The van der Waals surface area contributed by atoms with Crippen LogP contribution in [0.1, 0.15) is 90.9 Å². The normalized spacial score (nSPS) is 15.1. The summed E-state index contributed by atoms with van der Waals surface area (Å²) < 4.78 is 31.2. The largest absolute Gasteiger partial charge is 0.472 e. The number of aliphatic hydroxyl groups is 2. The van der Waals surface area contributed by atoms with E-state index < -0.39 is 58.4 Å². The van der Waals surface area contributed by atoms with Gasteiger partial charge in [0.05, 0.1) is 26.4 Å². The van der Waals surface area contributed by atoms with Crippen molar-refractivity contribution in [3.63, 3.8) is 0 Å². The van der Waals surface area contributed by atoms with E-state index >= 15 is 0 Å². The van der Waals surface area contributed by atoms with E-state index in [0.717, 1.165) is 71.1 Å². The first-order chi connectivity index (χ1) is 19.7. The molecule has 236 valence electrons. The molecule has 0 rings (SSSR count). The van der Waals surface area contributed by atoms with E-state index in [1.165, 1.54) is 0 Å². The number of carbonyl (C=O) groups is 2. The van der Waals surface area contributed by atoms with E-state index in [1.54, 1.807) is 0 Å². The Morgan fingerprint density at radius 3 is 1.68 bits per heavy atom. The van der Waals surface area contributed by atoms with Crippen molar-refractivity contribution in [2.45, 2.75) is 103 Å². The molecule has 0 aromatic heterocycles. The highest BCUT2D eigenvalue weighted by Gasteiger charge is 2.27. The molecule has 0 aromatic rings. The second-order valence-electron chi connectivity index (χ2n) is 9.43. The molecular formula is C30H51O10P. The van der Waals surface area contributed by atoms with Gasteiger partial charge in [0.2, 0.25) is 0 Å². The summed E-state index contributed by atoms with van der Waals surface area (Å²) in [7, 11) is -4.59. The molecule has 0 radical (unpaired) electrons. The molecule has 0 aromatic carbocycles. The second-order valence-corrected chi connectivity index (χ2v) is 10.9. The fourth-order valence-electron chi connectivity index (χ4n) is 3.46. The van der Waals surface area contributed by atoms with Gasteiger partial charge in [0, 0.05) is 13.3 Å². The molecule has 0 heterocycles. The Balaban J connectivity index is 3.85. The van der Waals surface area contributed by atoms with Crippen LogP contribution >= 0.6 is 7.82 Å². The van der Waals surface area contributed by atoms with Gasteiger partial charge in [0.25, 0.3) is 0 Å². The average molecular weight is 603 g/mol. The molecule has 41 heavy (non-hydrogen) atoms. The summed E-state index contributed by atoms with van der Waals surface area (Å²) in [6.07, 6.45) is 26.4. The van der Waals surface area contributed by atoms with Crippen molar-refractivity contribution in [1.82, 2.24) is 0 Å². The van der Waals surface area contributed by atoms with Crippen molar-refractivity contribution in [3.05, 3.63) is 48.6 Å². The zero-order valence-corrected chi connectivity index (χ0v) is 25.6. The van der Waals surface area contributed by atoms with Gasteiger partial charge in [-0.2, -0.15) is 0 Å². The van der Waals surface area contributed by atoms with Gasteiger partial charge in [-0.3, -0.25) is 18.6 Å². The lowest BCUT2D eigenvalue weighted by Crippen LogP contribution is -2.28. The summed E-state index contributed by atoms with van der Waals surface area (Å²) in [6.45, 7) is 0.910. The number of rotatable bonds is 26. The number of allylic oxidation sites excluding steroid dienone is 8. The van der Waals surface area contributed by atoms with E-state index in [4.69, 9.17) is 14.4 Å². The van der Waals surface area contributed by atoms with Crippen LogP contribution in [0.5, 0.6) is 0 Å². The Morgan fingerprint density at radius 1 is 0.707 bits per heavy atom. The van der Waals surface area contributed by atoms with Gasteiger partial charge < -0.3 is 24.6 Å². The summed E-state index contributed by atoms with van der Waals surface area (Å²) in [5.74, 6) is -1.22. The van der Waals surface area contributed by atoms with Crippen LogP contribution in [-0.2, 0) is 32.7 Å². The third kappa shape index (κ3) is 26.6. The van der Waals surface area contributed by atoms with Crippen molar-refractivity contribution in [1.29, 1.82) is 0 Å². The summed E-state index contributed by atoms with van der Waals surface area (Å²) >= 11 is 0. The molecule has 3 N–H and O–H groups in total. The van der Waals surface area contributed by atoms with E-state index in [2.05, 4.69) is 64.8 Å². The zero-order chi connectivity index (χ0) is 30.6. The molecule has 0 aliphatic heterocycles. The average Bonchev–Trinajstić information content (AvgIpc) is 2.94. The predicted octanol–water partition coefficient (Wildman–Crippen LogP) is 5.87. The minimum atomic E-state index is -4.59. The number of aliphatic hydroxyl groups excluding tert-OH is 2. The zero-order valence-electron chi connectivity index (χ0n) is 24.7. The molecule has 0 fully saturated rings. The number of hydrogen-bond donors (Lipinski definition) is 3. The Hall–Kier alpha value is -2.07. The summed E-state index contributed by atoms with van der Waals surface area (Å²) in [6, 6.07) is 0. The lowest BCUT2D eigenvalue weighted by atomic mass is 10.1. The quantitative estimate of drug-likeness (QED) is 0.0475. The van der Waals surface area contributed by atoms with Crippen molar-refractivity contribution in [2.24, 2.45) is 0 Å². The summed E-state index contributed by atoms with van der Waals surface area (Å²) in [5, 5.41) is 18.5. The second kappa shape index (κ2) is 26.8. The van der Waals surface area contributed by atoms with Gasteiger partial charge in [-0.1, -0.05) is 81.2 Å². The summed E-state index contributed by atoms with van der Waals surface area (Å²) in [5.41, 5.74) is 0. The van der Waals surface area contributed by atoms with Crippen LogP contribution in [0.15, 0.2) is 48.6 Å². The van der Waals surface area contributed by atoms with Crippen molar-refractivity contribution in [2.75, 3.05) is 26.4 Å². The van der Waals surface area contributed by atoms with E-state index in [0.29, 0.717) is 6.42 Å². The summed E-state index contributed by atoms with van der Waals surface area (Å²) in [4.78, 5) is 32.6. The topological polar surface area (TPSA) is 149 Å². The van der Waals surface area contributed by atoms with Crippen LogP contribution in [0.3, 0.4) is 0 Å². The Bertz CT molecular complexity index is 837. The van der Waals surface area contributed by atoms with Crippen LogP contribution in [0, 0.1) is 0 Å². The fraction of sp³-hybridized carbons (Fsp3) is 0.667. The molecule has 0 aliphatic rings. The molecule has 3 unspecified atom stereocenters. The fourth-order valence-corrected chi connectivity index (χ4v) is 4.24. The van der Waals surface area contributed by atoms with E-state index in [9.17, 15) is 24.2 Å². The first-order valence-electron chi connectivity index (χ1n) is 14.5. The minimum Gasteiger partial charge on any atom is -0.458 e. The Labute approximate surface area is 245 Å². The molecule has 11 heteroatoms. The van der Waals surface area contributed by atoms with E-state index in [1.807, 2.05) is 0 Å². The number of phosphoric acid groups is 1. The standard InChI is InChI=1S/C30H51O10P/c1-3-4-5-6-7-8-9-10-11-12-13-14-15-16-17-18-19-20-21-22-30(34)40-29(24-32)26-38-41(35,36)37-25-28(23-31)39-27(2)33/h4-5,7-8,10-11,13-14,28-29,31-32H,3,6,9,12,15-26H2,1-2H3,(H,35,36)/b5-4-,8-7-,11-10-,14-13-. The monoisotopic (exact) mass is 602 g/mol. The highest BCUT2D eigenvalue weighted by atomic mass is 31.2. The van der Waals surface area contributed by atoms with Crippen LogP contribution in [0.25, 0.3) is 0 Å². The first-order valence-corrected chi connectivity index (χ1v) is 16.0. The minimum absolute atomic E-state index is 0.173. The number of carbonyl (C=O) groups excluding carboxylic acids is 2. The van der Waals surface area contributed by atoms with Crippen molar-refractivity contribution >= 4 is 19.8 Å². The molecular weight excluding hydrogens is 551 g/mol. The molecule has 3 atom stereocenters. The van der Waals surface area contributed by atoms with Crippen molar-refractivity contribution in [3.8, 4) is 0 Å². The Kier molecular flexibility index (Phi) is 25.5. The third-order valence-electron chi connectivity index (χ3n) is 5.61. The maximum atomic E-state index is 12.0. The lowest BCUT2D eigenvalue weighted by molar-refractivity contribution is -0.153. The maximum Gasteiger partial charge on any atom is 0.472 e. The molecule has 0 bridgehead atoms. The SMILES string of the molecule is CC/C=C\C/C=C\C/C=C\C/C=C\CCCCCCCCC(=O)OC(CO)COP(=O)(O)OCC(CO)OC(C)=O. The molecule has 0 saturated carbocycles. The smallest absolute Gasteiger partial charge is 0.458 e. The Morgan fingerprint density at radius 2 is 1.17 bits per heavy atom. The van der Waals surface area contributed by atoms with Gasteiger partial charge in [-0.25, -0.2) is 4.57 Å². The molecule has 0 aliphatic carbocycles. The van der Waals surface area contributed by atoms with Gasteiger partial charge in [-0.15, -0.1) is 0 Å². The van der Waals surface area contributed by atoms with Crippen molar-refractivity contribution < 1.29 is 47.8 Å². The highest BCUT2D eigenvalue weighted by Crippen LogP contribution is 2.43. The van der Waals surface area contributed by atoms with Gasteiger partial charge >= 0.3 is 19.8 Å². The van der Waals surface area contributed by atoms with Crippen LogP contribution in [-0.4, -0.2) is 65.7 Å². The number of ether oxygens (including phenoxy) is 2. The number of esters is 2. The molecule has 10 nitrogen and oxygen atoms in total. The highest BCUT2D eigenvalue weighted by molar-refractivity contribution is 7.47. The van der Waals surface area contributed by atoms with Crippen LogP contribution in [0.2, 0.25) is 0 Å². The number of unbranched alkanes of at least 4 members (excludes halogenated alkanes) is 6. The lowest BCUT2D eigenvalue weighted by Gasteiger charge is -2.20. The predicted molar refractivity (Wildman–Crippen MR) is 159 cm³/mol. The maximum absolute atomic E-state index is 12.0. The number of phosphoric ester groups is 1. The van der Waals surface area contributed by atoms with Gasteiger partial charge in [-0.05, 0) is 44.9 Å². The van der Waals surface area contributed by atoms with Gasteiger partial charge in [0.15, 0.2) is 0 Å². The molecule has 0 spiro atoms. The van der Waals surface area contributed by atoms with E-state index in [-0.39, 0.29) is 6.42 Å². The van der Waals surface area contributed by atoms with Gasteiger partial charge in [0.1, 0.15) is 12.2 Å².